The Morgan fingerprint density at radius 1 is 1.20 bits per heavy atom. The van der Waals surface area contributed by atoms with Crippen molar-refractivity contribution < 1.29 is 14.6 Å². The standard InChI is InChI=1S/C12H24O3/c1-4-6-8-11(14)12(9-7-5-2)15-10(3)13/h11-12,14H,4-9H2,1-3H3/t11-,12-/m0/s1. The van der Waals surface area contributed by atoms with Gasteiger partial charge in [-0.25, -0.2) is 0 Å². The lowest BCUT2D eigenvalue weighted by molar-refractivity contribution is -0.153. The molecule has 0 aliphatic heterocycles. The first kappa shape index (κ1) is 14.4. The summed E-state index contributed by atoms with van der Waals surface area (Å²) in [4.78, 5) is 10.9. The minimum atomic E-state index is -0.500. The first-order valence-electron chi connectivity index (χ1n) is 5.97. The van der Waals surface area contributed by atoms with Gasteiger partial charge in [-0.2, -0.15) is 0 Å². The summed E-state index contributed by atoms with van der Waals surface area (Å²) >= 11 is 0. The van der Waals surface area contributed by atoms with Crippen molar-refractivity contribution in [3.63, 3.8) is 0 Å². The van der Waals surface area contributed by atoms with Crippen molar-refractivity contribution in [2.75, 3.05) is 0 Å². The number of aliphatic hydroxyl groups is 1. The first-order valence-corrected chi connectivity index (χ1v) is 5.97. The zero-order valence-corrected chi connectivity index (χ0v) is 10.2. The molecule has 0 radical (unpaired) electrons. The third kappa shape index (κ3) is 7.37. The van der Waals surface area contributed by atoms with E-state index >= 15 is 0 Å². The molecule has 0 aliphatic rings. The monoisotopic (exact) mass is 216 g/mol. The quantitative estimate of drug-likeness (QED) is 0.634. The molecule has 0 aromatic carbocycles. The molecule has 2 atom stereocenters. The summed E-state index contributed by atoms with van der Waals surface area (Å²) in [5.41, 5.74) is 0. The summed E-state index contributed by atoms with van der Waals surface area (Å²) in [6.45, 7) is 5.56. The lowest BCUT2D eigenvalue weighted by atomic mass is 10.0. The summed E-state index contributed by atoms with van der Waals surface area (Å²) in [7, 11) is 0. The second kappa shape index (κ2) is 8.72. The van der Waals surface area contributed by atoms with Gasteiger partial charge in [0.2, 0.25) is 0 Å². The maximum Gasteiger partial charge on any atom is 0.302 e. The molecule has 0 amide bonds. The van der Waals surface area contributed by atoms with Crippen molar-refractivity contribution in [3.05, 3.63) is 0 Å². The molecule has 0 saturated heterocycles. The van der Waals surface area contributed by atoms with Gasteiger partial charge in [-0.3, -0.25) is 4.79 Å². The molecular weight excluding hydrogens is 192 g/mol. The second-order valence-corrected chi connectivity index (χ2v) is 4.00. The third-order valence-electron chi connectivity index (χ3n) is 2.44. The Hall–Kier alpha value is -0.570. The van der Waals surface area contributed by atoms with Crippen molar-refractivity contribution >= 4 is 5.97 Å². The Kier molecular flexibility index (Phi) is 8.38. The predicted molar refractivity (Wildman–Crippen MR) is 60.6 cm³/mol. The van der Waals surface area contributed by atoms with Crippen LogP contribution in [0.1, 0.15) is 59.3 Å². The van der Waals surface area contributed by atoms with E-state index in [2.05, 4.69) is 13.8 Å². The number of carbonyl (C=O) groups is 1. The summed E-state index contributed by atoms with van der Waals surface area (Å²) < 4.78 is 5.12. The van der Waals surface area contributed by atoms with Crippen molar-refractivity contribution in [3.8, 4) is 0 Å². The molecule has 0 aliphatic carbocycles. The lowest BCUT2D eigenvalue weighted by Gasteiger charge is -2.22. The van der Waals surface area contributed by atoms with Crippen molar-refractivity contribution in [1.29, 1.82) is 0 Å². The molecule has 0 spiro atoms. The van der Waals surface area contributed by atoms with Crippen LogP contribution >= 0.6 is 0 Å². The van der Waals surface area contributed by atoms with E-state index in [0.29, 0.717) is 0 Å². The molecule has 0 bridgehead atoms. The minimum absolute atomic E-state index is 0.299. The van der Waals surface area contributed by atoms with Crippen LogP contribution in [-0.4, -0.2) is 23.3 Å². The van der Waals surface area contributed by atoms with Gasteiger partial charge in [-0.15, -0.1) is 0 Å². The third-order valence-corrected chi connectivity index (χ3v) is 2.44. The molecule has 0 aromatic rings. The van der Waals surface area contributed by atoms with Gasteiger partial charge in [-0.1, -0.05) is 33.1 Å². The number of rotatable bonds is 8. The average molecular weight is 216 g/mol. The molecule has 1 N–H and O–H groups in total. The molecule has 15 heavy (non-hydrogen) atoms. The second-order valence-electron chi connectivity index (χ2n) is 4.00. The summed E-state index contributed by atoms with van der Waals surface area (Å²) in [6, 6.07) is 0. The van der Waals surface area contributed by atoms with Crippen molar-refractivity contribution in [2.45, 2.75) is 71.5 Å². The Morgan fingerprint density at radius 3 is 2.20 bits per heavy atom. The Labute approximate surface area is 92.8 Å². The highest BCUT2D eigenvalue weighted by Gasteiger charge is 2.20. The molecule has 0 aromatic heterocycles. The van der Waals surface area contributed by atoms with Gasteiger partial charge in [0.25, 0.3) is 0 Å². The number of esters is 1. The van der Waals surface area contributed by atoms with Crippen LogP contribution in [0.2, 0.25) is 0 Å². The molecule has 90 valence electrons. The van der Waals surface area contributed by atoms with E-state index < -0.39 is 6.10 Å². The van der Waals surface area contributed by atoms with Crippen LogP contribution in [0.4, 0.5) is 0 Å². The van der Waals surface area contributed by atoms with E-state index in [1.54, 1.807) is 0 Å². The zero-order valence-electron chi connectivity index (χ0n) is 10.2. The molecule has 0 fully saturated rings. The van der Waals surface area contributed by atoms with E-state index in [1.165, 1.54) is 6.92 Å². The Bertz CT molecular complexity index is 168. The van der Waals surface area contributed by atoms with E-state index in [4.69, 9.17) is 4.74 Å². The molecule has 3 heteroatoms. The van der Waals surface area contributed by atoms with Crippen molar-refractivity contribution in [2.24, 2.45) is 0 Å². The molecular formula is C12H24O3. The number of unbranched alkanes of at least 4 members (excludes halogenated alkanes) is 2. The highest BCUT2D eigenvalue weighted by atomic mass is 16.6. The number of ether oxygens (including phenoxy) is 1. The maximum absolute atomic E-state index is 10.9. The fraction of sp³-hybridized carbons (Fsp3) is 0.917. The van der Waals surface area contributed by atoms with Gasteiger partial charge < -0.3 is 9.84 Å². The predicted octanol–water partition coefficient (Wildman–Crippen LogP) is 2.66. The van der Waals surface area contributed by atoms with Gasteiger partial charge in [0.05, 0.1) is 6.10 Å². The van der Waals surface area contributed by atoms with Crippen LogP contribution in [-0.2, 0) is 9.53 Å². The minimum Gasteiger partial charge on any atom is -0.460 e. The molecule has 0 saturated carbocycles. The summed E-state index contributed by atoms with van der Waals surface area (Å²) in [5, 5.41) is 9.84. The summed E-state index contributed by atoms with van der Waals surface area (Å²) in [5.74, 6) is -0.299. The van der Waals surface area contributed by atoms with Gasteiger partial charge in [0.15, 0.2) is 0 Å². The lowest BCUT2D eigenvalue weighted by Crippen LogP contribution is -2.30. The molecule has 0 heterocycles. The van der Waals surface area contributed by atoms with E-state index in [1.807, 2.05) is 0 Å². The number of carbonyl (C=O) groups excluding carboxylic acids is 1. The van der Waals surface area contributed by atoms with Crippen LogP contribution in [0.5, 0.6) is 0 Å². The van der Waals surface area contributed by atoms with Gasteiger partial charge in [0, 0.05) is 6.92 Å². The van der Waals surface area contributed by atoms with E-state index in [9.17, 15) is 9.90 Å². The SMILES string of the molecule is CCCC[C@H](OC(C)=O)[C@@H](O)CCCC. The number of hydrogen-bond acceptors (Lipinski definition) is 3. The van der Waals surface area contributed by atoms with Gasteiger partial charge in [0.1, 0.15) is 6.10 Å². The van der Waals surface area contributed by atoms with Crippen LogP contribution in [0.3, 0.4) is 0 Å². The molecule has 3 nitrogen and oxygen atoms in total. The number of aliphatic hydroxyl groups excluding tert-OH is 1. The summed E-state index contributed by atoms with van der Waals surface area (Å²) in [6.07, 6.45) is 4.75. The van der Waals surface area contributed by atoms with Crippen molar-refractivity contribution in [1.82, 2.24) is 0 Å². The van der Waals surface area contributed by atoms with Crippen LogP contribution in [0.25, 0.3) is 0 Å². The first-order chi connectivity index (χ1) is 7.11. The fourth-order valence-corrected chi connectivity index (χ4v) is 1.55. The van der Waals surface area contributed by atoms with Gasteiger partial charge >= 0.3 is 5.97 Å². The van der Waals surface area contributed by atoms with E-state index in [0.717, 1.165) is 38.5 Å². The van der Waals surface area contributed by atoms with Crippen LogP contribution < -0.4 is 0 Å². The van der Waals surface area contributed by atoms with Crippen LogP contribution in [0.15, 0.2) is 0 Å². The highest BCUT2D eigenvalue weighted by Crippen LogP contribution is 2.14. The maximum atomic E-state index is 10.9. The zero-order chi connectivity index (χ0) is 11.7. The number of hydrogen-bond donors (Lipinski definition) is 1. The molecule has 0 rings (SSSR count). The van der Waals surface area contributed by atoms with Gasteiger partial charge in [-0.05, 0) is 19.3 Å². The van der Waals surface area contributed by atoms with E-state index in [-0.39, 0.29) is 12.1 Å². The average Bonchev–Trinajstić information content (AvgIpc) is 2.20. The largest absolute Gasteiger partial charge is 0.460 e. The van der Waals surface area contributed by atoms with Crippen LogP contribution in [0, 0.1) is 0 Å². The molecule has 0 unspecified atom stereocenters. The smallest absolute Gasteiger partial charge is 0.302 e. The normalized spacial score (nSPS) is 14.7. The highest BCUT2D eigenvalue weighted by molar-refractivity contribution is 5.66. The Balaban J connectivity index is 4.01. The topological polar surface area (TPSA) is 46.5 Å². The Morgan fingerprint density at radius 2 is 1.73 bits per heavy atom. The fourth-order valence-electron chi connectivity index (χ4n) is 1.55.